The monoisotopic (exact) mass is 261 g/mol. The third-order valence-corrected chi connectivity index (χ3v) is 3.74. The quantitative estimate of drug-likeness (QED) is 0.817. The topological polar surface area (TPSA) is 28.2 Å². The molecular formula is C16H27N3. The van der Waals surface area contributed by atoms with Crippen molar-refractivity contribution in [1.82, 2.24) is 10.3 Å². The zero-order valence-corrected chi connectivity index (χ0v) is 12.7. The van der Waals surface area contributed by atoms with Gasteiger partial charge in [0.25, 0.3) is 0 Å². The highest BCUT2D eigenvalue weighted by Gasteiger charge is 2.20. The highest BCUT2D eigenvalue weighted by molar-refractivity contribution is 5.43. The van der Waals surface area contributed by atoms with Crippen LogP contribution in [0.1, 0.15) is 51.3 Å². The summed E-state index contributed by atoms with van der Waals surface area (Å²) in [6.07, 6.45) is 4.89. The van der Waals surface area contributed by atoms with E-state index >= 15 is 0 Å². The molecule has 19 heavy (non-hydrogen) atoms. The highest BCUT2D eigenvalue weighted by atomic mass is 15.2. The zero-order valence-electron chi connectivity index (χ0n) is 12.7. The number of nitrogens with zero attached hydrogens (tertiary/aromatic N) is 2. The minimum absolute atomic E-state index is 0.480. The Kier molecular flexibility index (Phi) is 4.81. The summed E-state index contributed by atoms with van der Waals surface area (Å²) in [5, 5.41) is 3.59. The molecule has 1 aromatic heterocycles. The molecule has 1 fully saturated rings. The maximum absolute atomic E-state index is 4.79. The Labute approximate surface area is 117 Å². The van der Waals surface area contributed by atoms with Gasteiger partial charge in [-0.3, -0.25) is 0 Å². The summed E-state index contributed by atoms with van der Waals surface area (Å²) in [5.74, 6) is 1.11. The average molecular weight is 261 g/mol. The first-order valence-corrected chi connectivity index (χ1v) is 7.56. The van der Waals surface area contributed by atoms with Crippen LogP contribution in [0.15, 0.2) is 12.1 Å². The second kappa shape index (κ2) is 6.38. The predicted octanol–water partition coefficient (Wildman–Crippen LogP) is 3.13. The minimum Gasteiger partial charge on any atom is -0.357 e. The molecule has 1 aromatic rings. The molecule has 1 N–H and O–H groups in total. The highest BCUT2D eigenvalue weighted by Crippen LogP contribution is 2.21. The fourth-order valence-corrected chi connectivity index (χ4v) is 2.11. The SMILES string of the molecule is CCCc1cc(CNC2CC2)cc(N(C)C(C)C)n1. The molecule has 1 saturated carbocycles. The van der Waals surface area contributed by atoms with Gasteiger partial charge in [-0.25, -0.2) is 4.98 Å². The van der Waals surface area contributed by atoms with Crippen molar-refractivity contribution in [2.45, 2.75) is 65.1 Å². The molecule has 1 heterocycles. The Hall–Kier alpha value is -1.09. The summed E-state index contributed by atoms with van der Waals surface area (Å²) >= 11 is 0. The normalized spacial score (nSPS) is 15.0. The van der Waals surface area contributed by atoms with Crippen LogP contribution in [-0.2, 0) is 13.0 Å². The Morgan fingerprint density at radius 2 is 2.11 bits per heavy atom. The van der Waals surface area contributed by atoms with Gasteiger partial charge in [0.05, 0.1) is 0 Å². The van der Waals surface area contributed by atoms with Crippen molar-refractivity contribution in [1.29, 1.82) is 0 Å². The van der Waals surface area contributed by atoms with E-state index in [-0.39, 0.29) is 0 Å². The van der Waals surface area contributed by atoms with Crippen LogP contribution in [0, 0.1) is 0 Å². The second-order valence-electron chi connectivity index (χ2n) is 5.93. The molecule has 1 aliphatic rings. The summed E-state index contributed by atoms with van der Waals surface area (Å²) < 4.78 is 0. The van der Waals surface area contributed by atoms with Gasteiger partial charge in [0.1, 0.15) is 5.82 Å². The van der Waals surface area contributed by atoms with Crippen molar-refractivity contribution in [2.75, 3.05) is 11.9 Å². The van der Waals surface area contributed by atoms with Crippen molar-refractivity contribution in [3.63, 3.8) is 0 Å². The maximum Gasteiger partial charge on any atom is 0.129 e. The first-order valence-electron chi connectivity index (χ1n) is 7.56. The standard InChI is InChI=1S/C16H27N3/c1-5-6-15-9-13(11-17-14-7-8-14)10-16(18-15)19(4)12(2)3/h9-10,12,14,17H,5-8,11H2,1-4H3. The molecule has 0 unspecified atom stereocenters. The summed E-state index contributed by atoms with van der Waals surface area (Å²) in [4.78, 5) is 7.03. The molecule has 3 nitrogen and oxygen atoms in total. The molecule has 0 saturated heterocycles. The van der Waals surface area contributed by atoms with Crippen LogP contribution in [-0.4, -0.2) is 24.1 Å². The molecule has 0 aliphatic heterocycles. The van der Waals surface area contributed by atoms with Crippen molar-refractivity contribution < 1.29 is 0 Å². The number of rotatable bonds is 7. The van der Waals surface area contributed by atoms with E-state index < -0.39 is 0 Å². The lowest BCUT2D eigenvalue weighted by molar-refractivity contribution is 0.682. The number of hydrogen-bond acceptors (Lipinski definition) is 3. The molecule has 106 valence electrons. The second-order valence-corrected chi connectivity index (χ2v) is 5.93. The van der Waals surface area contributed by atoms with E-state index in [1.165, 1.54) is 24.1 Å². The number of anilines is 1. The van der Waals surface area contributed by atoms with E-state index in [0.29, 0.717) is 6.04 Å². The summed E-state index contributed by atoms with van der Waals surface area (Å²) in [6, 6.07) is 5.73. The third-order valence-electron chi connectivity index (χ3n) is 3.74. The molecule has 0 amide bonds. The Morgan fingerprint density at radius 3 is 2.68 bits per heavy atom. The van der Waals surface area contributed by atoms with Gasteiger partial charge in [-0.2, -0.15) is 0 Å². The number of nitrogens with one attached hydrogen (secondary N) is 1. The van der Waals surface area contributed by atoms with E-state index in [2.05, 4.69) is 50.2 Å². The Bertz CT molecular complexity index is 410. The minimum atomic E-state index is 0.480. The molecule has 1 aliphatic carbocycles. The van der Waals surface area contributed by atoms with E-state index in [0.717, 1.165) is 31.2 Å². The number of hydrogen-bond donors (Lipinski definition) is 1. The molecule has 2 rings (SSSR count). The lowest BCUT2D eigenvalue weighted by Crippen LogP contribution is -2.27. The van der Waals surface area contributed by atoms with Gasteiger partial charge in [-0.1, -0.05) is 13.3 Å². The van der Waals surface area contributed by atoms with Gasteiger partial charge in [0, 0.05) is 31.4 Å². The van der Waals surface area contributed by atoms with Crippen molar-refractivity contribution in [2.24, 2.45) is 0 Å². The van der Waals surface area contributed by atoms with Crippen LogP contribution in [0.25, 0.3) is 0 Å². The third kappa shape index (κ3) is 4.20. The van der Waals surface area contributed by atoms with Crippen molar-refractivity contribution in [3.05, 3.63) is 23.4 Å². The lowest BCUT2D eigenvalue weighted by atomic mass is 10.1. The van der Waals surface area contributed by atoms with Gasteiger partial charge in [0.2, 0.25) is 0 Å². The number of aromatic nitrogens is 1. The smallest absolute Gasteiger partial charge is 0.129 e. The van der Waals surface area contributed by atoms with E-state index in [1.54, 1.807) is 0 Å². The maximum atomic E-state index is 4.79. The summed E-state index contributed by atoms with van der Waals surface area (Å²) in [6.45, 7) is 7.60. The number of pyridine rings is 1. The van der Waals surface area contributed by atoms with Gasteiger partial charge in [0.15, 0.2) is 0 Å². The van der Waals surface area contributed by atoms with Crippen molar-refractivity contribution >= 4 is 5.82 Å². The molecular weight excluding hydrogens is 234 g/mol. The van der Waals surface area contributed by atoms with Crippen LogP contribution in [0.4, 0.5) is 5.82 Å². The lowest BCUT2D eigenvalue weighted by Gasteiger charge is -2.24. The zero-order chi connectivity index (χ0) is 13.8. The van der Waals surface area contributed by atoms with Gasteiger partial charge < -0.3 is 10.2 Å². The molecule has 0 bridgehead atoms. The van der Waals surface area contributed by atoms with Gasteiger partial charge >= 0.3 is 0 Å². The fraction of sp³-hybridized carbons (Fsp3) is 0.688. The van der Waals surface area contributed by atoms with Gasteiger partial charge in [-0.15, -0.1) is 0 Å². The molecule has 0 atom stereocenters. The van der Waals surface area contributed by atoms with E-state index in [9.17, 15) is 0 Å². The van der Waals surface area contributed by atoms with Crippen molar-refractivity contribution in [3.8, 4) is 0 Å². The number of aryl methyl sites for hydroxylation is 1. The molecule has 0 radical (unpaired) electrons. The average Bonchev–Trinajstić information content (AvgIpc) is 3.19. The van der Waals surface area contributed by atoms with Gasteiger partial charge in [-0.05, 0) is 50.8 Å². The van der Waals surface area contributed by atoms with Crippen LogP contribution in [0.2, 0.25) is 0 Å². The molecule has 3 heteroatoms. The fourth-order valence-electron chi connectivity index (χ4n) is 2.11. The van der Waals surface area contributed by atoms with Crippen LogP contribution in [0.3, 0.4) is 0 Å². The van der Waals surface area contributed by atoms with Crippen LogP contribution < -0.4 is 10.2 Å². The first-order chi connectivity index (χ1) is 9.10. The van der Waals surface area contributed by atoms with Crippen LogP contribution >= 0.6 is 0 Å². The van der Waals surface area contributed by atoms with E-state index in [4.69, 9.17) is 4.98 Å². The largest absolute Gasteiger partial charge is 0.357 e. The van der Waals surface area contributed by atoms with E-state index in [1.807, 2.05) is 0 Å². The molecule has 0 aromatic carbocycles. The Morgan fingerprint density at radius 1 is 1.37 bits per heavy atom. The summed E-state index contributed by atoms with van der Waals surface area (Å²) in [5.41, 5.74) is 2.59. The summed E-state index contributed by atoms with van der Waals surface area (Å²) in [7, 11) is 2.13. The first kappa shape index (κ1) is 14.3. The Balaban J connectivity index is 2.15. The van der Waals surface area contributed by atoms with Crippen LogP contribution in [0.5, 0.6) is 0 Å². The molecule has 0 spiro atoms. The predicted molar refractivity (Wildman–Crippen MR) is 81.6 cm³/mol.